The van der Waals surface area contributed by atoms with Crippen molar-refractivity contribution in [3.63, 3.8) is 0 Å². The highest BCUT2D eigenvalue weighted by molar-refractivity contribution is 5.77. The number of nitrogens with zero attached hydrogens (tertiary/aromatic N) is 2. The molecule has 0 bridgehead atoms. The monoisotopic (exact) mass is 334 g/mol. The summed E-state index contributed by atoms with van der Waals surface area (Å²) < 4.78 is 5.15. The van der Waals surface area contributed by atoms with Gasteiger partial charge in [-0.2, -0.15) is 0 Å². The van der Waals surface area contributed by atoms with Crippen LogP contribution in [0.3, 0.4) is 0 Å². The molecule has 0 radical (unpaired) electrons. The van der Waals surface area contributed by atoms with E-state index in [-0.39, 0.29) is 12.5 Å². The second-order valence-corrected chi connectivity index (χ2v) is 6.74. The quantitative estimate of drug-likeness (QED) is 0.787. The number of aliphatic carboxylic acids is 2. The molecule has 2 aliphatic rings. The van der Waals surface area contributed by atoms with Crippen molar-refractivity contribution < 1.29 is 24.5 Å². The first-order chi connectivity index (χ1) is 11.4. The van der Waals surface area contributed by atoms with E-state index in [1.165, 1.54) is 0 Å². The summed E-state index contributed by atoms with van der Waals surface area (Å²) in [5.41, 5.74) is 0.251. The number of hydrogen-bond acceptors (Lipinski definition) is 5. The van der Waals surface area contributed by atoms with Gasteiger partial charge in [-0.3, -0.25) is 19.4 Å². The van der Waals surface area contributed by atoms with Crippen LogP contribution in [0, 0.1) is 11.3 Å². The average Bonchev–Trinajstić information content (AvgIpc) is 3.01. The molecule has 2 N–H and O–H groups in total. The third kappa shape index (κ3) is 3.09. The fourth-order valence-electron chi connectivity index (χ4n) is 4.00. The van der Waals surface area contributed by atoms with E-state index in [2.05, 4.69) is 4.90 Å². The van der Waals surface area contributed by atoms with E-state index in [1.807, 2.05) is 24.3 Å². The van der Waals surface area contributed by atoms with Gasteiger partial charge in [0, 0.05) is 38.6 Å². The van der Waals surface area contributed by atoms with Crippen molar-refractivity contribution in [3.8, 4) is 5.75 Å². The molecule has 2 saturated heterocycles. The summed E-state index contributed by atoms with van der Waals surface area (Å²) in [6.07, 6.45) is 0. The lowest BCUT2D eigenvalue weighted by Crippen LogP contribution is -2.41. The van der Waals surface area contributed by atoms with E-state index in [4.69, 9.17) is 9.84 Å². The van der Waals surface area contributed by atoms with Crippen molar-refractivity contribution in [2.24, 2.45) is 11.3 Å². The minimum atomic E-state index is -0.911. The van der Waals surface area contributed by atoms with Crippen molar-refractivity contribution in [3.05, 3.63) is 29.8 Å². The largest absolute Gasteiger partial charge is 0.497 e. The van der Waals surface area contributed by atoms with Crippen molar-refractivity contribution in [2.75, 3.05) is 39.8 Å². The maximum atomic E-state index is 11.9. The SMILES string of the molecule is COc1ccc(CN2C[C@H]3CN(CC(=O)O)C[C@@]3(C(=O)O)C2)cc1. The Hall–Kier alpha value is -2.12. The molecule has 0 spiro atoms. The van der Waals surface area contributed by atoms with Crippen LogP contribution in [0.2, 0.25) is 0 Å². The fraction of sp³-hybridized carbons (Fsp3) is 0.529. The van der Waals surface area contributed by atoms with E-state index < -0.39 is 17.4 Å². The molecule has 1 aromatic rings. The van der Waals surface area contributed by atoms with Gasteiger partial charge in [0.15, 0.2) is 0 Å². The molecule has 0 aromatic heterocycles. The van der Waals surface area contributed by atoms with Crippen molar-refractivity contribution in [1.29, 1.82) is 0 Å². The van der Waals surface area contributed by atoms with Crippen LogP contribution >= 0.6 is 0 Å². The Labute approximate surface area is 140 Å². The van der Waals surface area contributed by atoms with Crippen LogP contribution in [0.5, 0.6) is 5.75 Å². The van der Waals surface area contributed by atoms with Gasteiger partial charge in [0.2, 0.25) is 0 Å². The van der Waals surface area contributed by atoms with E-state index in [1.54, 1.807) is 12.0 Å². The van der Waals surface area contributed by atoms with E-state index >= 15 is 0 Å². The first kappa shape index (κ1) is 16.7. The molecule has 1 aromatic carbocycles. The fourth-order valence-corrected chi connectivity index (χ4v) is 4.00. The molecule has 0 aliphatic carbocycles. The number of carbonyl (C=O) groups is 2. The second-order valence-electron chi connectivity index (χ2n) is 6.74. The Kier molecular flexibility index (Phi) is 4.47. The van der Waals surface area contributed by atoms with Gasteiger partial charge < -0.3 is 14.9 Å². The minimum absolute atomic E-state index is 0.0346. The van der Waals surface area contributed by atoms with Crippen LogP contribution in [0.25, 0.3) is 0 Å². The maximum absolute atomic E-state index is 11.9. The molecule has 2 aliphatic heterocycles. The Balaban J connectivity index is 1.68. The number of ether oxygens (including phenoxy) is 1. The zero-order chi connectivity index (χ0) is 17.3. The van der Waals surface area contributed by atoms with Crippen molar-refractivity contribution >= 4 is 11.9 Å². The molecule has 2 atom stereocenters. The average molecular weight is 334 g/mol. The molecule has 24 heavy (non-hydrogen) atoms. The van der Waals surface area contributed by atoms with Crippen LogP contribution in [-0.4, -0.2) is 71.8 Å². The zero-order valence-electron chi connectivity index (χ0n) is 13.6. The summed E-state index contributed by atoms with van der Waals surface area (Å²) in [5, 5.41) is 18.7. The molecular formula is C17H22N2O5. The lowest BCUT2D eigenvalue weighted by Gasteiger charge is -2.25. The number of hydrogen-bond donors (Lipinski definition) is 2. The standard InChI is InChI=1S/C17H22N2O5/c1-24-14-4-2-12(3-5-14)6-18-7-13-8-19(9-15(20)21)11-17(13,10-18)16(22)23/h2-5,13H,6-11H2,1H3,(H,20,21)(H,22,23)/t13-,17-/m0/s1. The Morgan fingerprint density at radius 3 is 2.33 bits per heavy atom. The van der Waals surface area contributed by atoms with E-state index in [0.29, 0.717) is 32.7 Å². The molecule has 7 nitrogen and oxygen atoms in total. The third-order valence-corrected chi connectivity index (χ3v) is 5.10. The van der Waals surface area contributed by atoms with Crippen molar-refractivity contribution in [1.82, 2.24) is 9.80 Å². The highest BCUT2D eigenvalue weighted by Crippen LogP contribution is 2.43. The van der Waals surface area contributed by atoms with E-state index in [9.17, 15) is 14.7 Å². The first-order valence-electron chi connectivity index (χ1n) is 7.96. The molecule has 2 fully saturated rings. The summed E-state index contributed by atoms with van der Waals surface area (Å²) in [6, 6.07) is 7.76. The van der Waals surface area contributed by atoms with Crippen LogP contribution in [0.1, 0.15) is 5.56 Å². The van der Waals surface area contributed by atoms with Gasteiger partial charge in [-0.15, -0.1) is 0 Å². The zero-order valence-corrected chi connectivity index (χ0v) is 13.6. The van der Waals surface area contributed by atoms with Crippen molar-refractivity contribution in [2.45, 2.75) is 6.54 Å². The van der Waals surface area contributed by atoms with Crippen LogP contribution < -0.4 is 4.74 Å². The highest BCUT2D eigenvalue weighted by Gasteiger charge is 2.57. The number of fused-ring (bicyclic) bond motifs is 1. The number of rotatable bonds is 6. The van der Waals surface area contributed by atoms with Gasteiger partial charge in [-0.1, -0.05) is 12.1 Å². The Morgan fingerprint density at radius 2 is 1.79 bits per heavy atom. The van der Waals surface area contributed by atoms with Crippen LogP contribution in [0.4, 0.5) is 0 Å². The van der Waals surface area contributed by atoms with Gasteiger partial charge in [-0.05, 0) is 17.7 Å². The normalized spacial score (nSPS) is 27.1. The molecule has 0 saturated carbocycles. The summed E-state index contributed by atoms with van der Waals surface area (Å²) in [6.45, 7) is 2.55. The predicted molar refractivity (Wildman–Crippen MR) is 85.9 cm³/mol. The molecule has 2 heterocycles. The summed E-state index contributed by atoms with van der Waals surface area (Å²) in [4.78, 5) is 26.7. The Morgan fingerprint density at radius 1 is 1.17 bits per heavy atom. The minimum Gasteiger partial charge on any atom is -0.497 e. The lowest BCUT2D eigenvalue weighted by atomic mass is 9.81. The topological polar surface area (TPSA) is 90.3 Å². The smallest absolute Gasteiger partial charge is 0.317 e. The first-order valence-corrected chi connectivity index (χ1v) is 7.96. The van der Waals surface area contributed by atoms with Gasteiger partial charge in [0.25, 0.3) is 0 Å². The molecule has 0 unspecified atom stereocenters. The third-order valence-electron chi connectivity index (χ3n) is 5.10. The highest BCUT2D eigenvalue weighted by atomic mass is 16.5. The molecule has 7 heteroatoms. The summed E-state index contributed by atoms with van der Waals surface area (Å²) in [5.74, 6) is -0.973. The number of methoxy groups -OCH3 is 1. The van der Waals surface area contributed by atoms with E-state index in [0.717, 1.165) is 11.3 Å². The Bertz CT molecular complexity index is 632. The molecule has 0 amide bonds. The van der Waals surface area contributed by atoms with Gasteiger partial charge >= 0.3 is 11.9 Å². The van der Waals surface area contributed by atoms with Gasteiger partial charge in [0.05, 0.1) is 19.1 Å². The van der Waals surface area contributed by atoms with Gasteiger partial charge in [-0.25, -0.2) is 0 Å². The summed E-state index contributed by atoms with van der Waals surface area (Å²) >= 11 is 0. The maximum Gasteiger partial charge on any atom is 0.317 e. The number of carboxylic acids is 2. The summed E-state index contributed by atoms with van der Waals surface area (Å²) in [7, 11) is 1.62. The lowest BCUT2D eigenvalue weighted by molar-refractivity contribution is -0.149. The number of carboxylic acid groups (broad SMARTS) is 2. The van der Waals surface area contributed by atoms with Crippen LogP contribution in [-0.2, 0) is 16.1 Å². The molecule has 130 valence electrons. The molecular weight excluding hydrogens is 312 g/mol. The second kappa shape index (κ2) is 6.41. The van der Waals surface area contributed by atoms with Crippen LogP contribution in [0.15, 0.2) is 24.3 Å². The number of benzene rings is 1. The van der Waals surface area contributed by atoms with Gasteiger partial charge in [0.1, 0.15) is 5.75 Å². The number of likely N-dealkylation sites (tertiary alicyclic amines) is 2. The predicted octanol–water partition coefficient (Wildman–Crippen LogP) is 0.598. The molecule has 3 rings (SSSR count).